The number of thiocarbonyl (C=S) groups is 1. The third-order valence-corrected chi connectivity index (χ3v) is 4.19. The first-order chi connectivity index (χ1) is 13.0. The number of phenolic OH excluding ortho intramolecular Hbond substituents is 1. The third-order valence-electron chi connectivity index (χ3n) is 4.00. The number of fused-ring (bicyclic) bond motifs is 1. The molecule has 0 heterocycles. The summed E-state index contributed by atoms with van der Waals surface area (Å²) in [7, 11) is 0. The summed E-state index contributed by atoms with van der Waals surface area (Å²) in [5, 5.41) is 28.6. The molecular formula is C20H17N3O3S. The molecule has 0 spiro atoms. The minimum atomic E-state index is -1.11. The number of aromatic carboxylic acids is 1. The lowest BCUT2D eigenvalue weighted by Gasteiger charge is -2.11. The maximum atomic E-state index is 10.9. The van der Waals surface area contributed by atoms with Gasteiger partial charge < -0.3 is 15.5 Å². The summed E-state index contributed by atoms with van der Waals surface area (Å²) in [5.41, 5.74) is 4.48. The zero-order valence-corrected chi connectivity index (χ0v) is 15.2. The molecule has 0 unspecified atom stereocenters. The van der Waals surface area contributed by atoms with Crippen LogP contribution < -0.4 is 10.7 Å². The van der Waals surface area contributed by atoms with Gasteiger partial charge in [0.15, 0.2) is 5.11 Å². The molecule has 3 rings (SSSR count). The first kappa shape index (κ1) is 18.3. The van der Waals surface area contributed by atoms with Gasteiger partial charge in [0.2, 0.25) is 0 Å². The van der Waals surface area contributed by atoms with E-state index in [1.807, 2.05) is 42.5 Å². The topological polar surface area (TPSA) is 94.0 Å². The van der Waals surface area contributed by atoms with Gasteiger partial charge in [0.25, 0.3) is 0 Å². The summed E-state index contributed by atoms with van der Waals surface area (Å²) in [6.45, 7) is 1.68. The first-order valence-corrected chi connectivity index (χ1v) is 8.52. The number of carbonyl (C=O) groups is 1. The van der Waals surface area contributed by atoms with Gasteiger partial charge in [0.05, 0.1) is 11.3 Å². The molecule has 136 valence electrons. The SMILES string of the molecule is C/C(=N/NC(=S)Nc1cccc2ccccc12)c1ccc(C(=O)O)cc1O. The number of benzene rings is 3. The molecule has 3 aromatic carbocycles. The van der Waals surface area contributed by atoms with Crippen LogP contribution in [0.25, 0.3) is 10.8 Å². The van der Waals surface area contributed by atoms with Gasteiger partial charge in [0.1, 0.15) is 5.75 Å². The zero-order valence-electron chi connectivity index (χ0n) is 14.4. The van der Waals surface area contributed by atoms with Gasteiger partial charge in [-0.25, -0.2) is 4.79 Å². The van der Waals surface area contributed by atoms with Gasteiger partial charge in [0, 0.05) is 16.6 Å². The van der Waals surface area contributed by atoms with Crippen molar-refractivity contribution in [3.05, 3.63) is 71.8 Å². The minimum Gasteiger partial charge on any atom is -0.507 e. The van der Waals surface area contributed by atoms with Crippen molar-refractivity contribution in [2.24, 2.45) is 5.10 Å². The Morgan fingerprint density at radius 1 is 1.07 bits per heavy atom. The minimum absolute atomic E-state index is 0.00477. The Balaban J connectivity index is 1.73. The first-order valence-electron chi connectivity index (χ1n) is 8.11. The Morgan fingerprint density at radius 3 is 2.56 bits per heavy atom. The number of hydrogen-bond acceptors (Lipinski definition) is 4. The highest BCUT2D eigenvalue weighted by atomic mass is 32.1. The third kappa shape index (κ3) is 4.21. The van der Waals surface area contributed by atoms with Crippen molar-refractivity contribution in [1.82, 2.24) is 5.43 Å². The van der Waals surface area contributed by atoms with E-state index in [1.54, 1.807) is 6.92 Å². The monoisotopic (exact) mass is 379 g/mol. The van der Waals surface area contributed by atoms with Crippen molar-refractivity contribution in [3.63, 3.8) is 0 Å². The lowest BCUT2D eigenvalue weighted by Crippen LogP contribution is -2.25. The smallest absolute Gasteiger partial charge is 0.335 e. The molecule has 3 aromatic rings. The second-order valence-corrected chi connectivity index (χ2v) is 6.24. The van der Waals surface area contributed by atoms with Crippen molar-refractivity contribution in [2.75, 3.05) is 5.32 Å². The van der Waals surface area contributed by atoms with E-state index in [1.165, 1.54) is 18.2 Å². The van der Waals surface area contributed by atoms with E-state index in [2.05, 4.69) is 15.8 Å². The van der Waals surface area contributed by atoms with Gasteiger partial charge in [-0.05, 0) is 48.8 Å². The molecule has 0 atom stereocenters. The molecule has 0 aromatic heterocycles. The van der Waals surface area contributed by atoms with Crippen molar-refractivity contribution >= 4 is 45.5 Å². The van der Waals surface area contributed by atoms with Crippen LogP contribution in [0, 0.1) is 0 Å². The fraction of sp³-hybridized carbons (Fsp3) is 0.0500. The summed E-state index contributed by atoms with van der Waals surface area (Å²) >= 11 is 5.29. The predicted molar refractivity (Wildman–Crippen MR) is 111 cm³/mol. The van der Waals surface area contributed by atoms with E-state index >= 15 is 0 Å². The molecule has 7 heteroatoms. The molecule has 0 aliphatic carbocycles. The number of carboxylic acids is 1. The highest BCUT2D eigenvalue weighted by Gasteiger charge is 2.10. The van der Waals surface area contributed by atoms with Crippen LogP contribution in [0.1, 0.15) is 22.8 Å². The molecule has 6 nitrogen and oxygen atoms in total. The van der Waals surface area contributed by atoms with E-state index in [-0.39, 0.29) is 11.3 Å². The normalized spacial score (nSPS) is 11.2. The fourth-order valence-corrected chi connectivity index (χ4v) is 2.81. The number of aromatic hydroxyl groups is 1. The van der Waals surface area contributed by atoms with E-state index < -0.39 is 5.97 Å². The number of rotatable bonds is 4. The summed E-state index contributed by atoms with van der Waals surface area (Å²) < 4.78 is 0. The van der Waals surface area contributed by atoms with Crippen molar-refractivity contribution in [3.8, 4) is 5.75 Å². The van der Waals surface area contributed by atoms with Gasteiger partial charge >= 0.3 is 5.97 Å². The van der Waals surface area contributed by atoms with Gasteiger partial charge in [-0.2, -0.15) is 5.10 Å². The van der Waals surface area contributed by atoms with E-state index in [0.717, 1.165) is 16.5 Å². The van der Waals surface area contributed by atoms with Crippen molar-refractivity contribution in [2.45, 2.75) is 6.92 Å². The Labute approximate surface area is 161 Å². The molecule has 4 N–H and O–H groups in total. The number of phenols is 1. The highest BCUT2D eigenvalue weighted by molar-refractivity contribution is 7.80. The van der Waals surface area contributed by atoms with Crippen molar-refractivity contribution < 1.29 is 15.0 Å². The zero-order chi connectivity index (χ0) is 19.4. The molecule has 0 aliphatic heterocycles. The van der Waals surface area contributed by atoms with Crippen LogP contribution >= 0.6 is 12.2 Å². The van der Waals surface area contributed by atoms with Gasteiger partial charge in [-0.3, -0.25) is 5.43 Å². The molecule has 0 saturated carbocycles. The lowest BCUT2D eigenvalue weighted by molar-refractivity contribution is 0.0696. The summed E-state index contributed by atoms with van der Waals surface area (Å²) in [6, 6.07) is 17.9. The molecule has 0 aliphatic rings. The maximum absolute atomic E-state index is 10.9. The Bertz CT molecular complexity index is 1060. The molecule has 0 saturated heterocycles. The Kier molecular flexibility index (Phi) is 5.33. The second-order valence-electron chi connectivity index (χ2n) is 5.83. The van der Waals surface area contributed by atoms with Gasteiger partial charge in [-0.1, -0.05) is 36.4 Å². The summed E-state index contributed by atoms with van der Waals surface area (Å²) in [4.78, 5) is 10.9. The van der Waals surface area contributed by atoms with E-state index in [9.17, 15) is 9.90 Å². The molecule has 0 radical (unpaired) electrons. The van der Waals surface area contributed by atoms with Crippen LogP contribution in [0.15, 0.2) is 65.8 Å². The van der Waals surface area contributed by atoms with Crippen LogP contribution in [-0.4, -0.2) is 27.0 Å². The molecule has 27 heavy (non-hydrogen) atoms. The molecular weight excluding hydrogens is 362 g/mol. The lowest BCUT2D eigenvalue weighted by atomic mass is 10.1. The number of hydrogen-bond donors (Lipinski definition) is 4. The average Bonchev–Trinajstić information content (AvgIpc) is 2.66. The molecule has 0 amide bonds. The number of nitrogens with one attached hydrogen (secondary N) is 2. The molecule has 0 fully saturated rings. The second kappa shape index (κ2) is 7.84. The van der Waals surface area contributed by atoms with Crippen LogP contribution in [0.2, 0.25) is 0 Å². The van der Waals surface area contributed by atoms with E-state index in [0.29, 0.717) is 16.4 Å². The highest BCUT2D eigenvalue weighted by Crippen LogP contribution is 2.23. The van der Waals surface area contributed by atoms with E-state index in [4.69, 9.17) is 17.3 Å². The molecule has 0 bridgehead atoms. The number of anilines is 1. The number of nitrogens with zero attached hydrogens (tertiary/aromatic N) is 1. The quantitative estimate of drug-likeness (QED) is 0.311. The van der Waals surface area contributed by atoms with Crippen LogP contribution in [0.3, 0.4) is 0 Å². The summed E-state index contributed by atoms with van der Waals surface area (Å²) in [6.07, 6.45) is 0. The standard InChI is InChI=1S/C20H17N3O3S/c1-12(15-10-9-14(19(25)26)11-18(15)24)22-23-20(27)21-17-8-4-6-13-5-2-3-7-16(13)17/h2-11,24H,1H3,(H,25,26)(H2,21,23,27)/b22-12-. The summed E-state index contributed by atoms with van der Waals surface area (Å²) in [5.74, 6) is -1.27. The van der Waals surface area contributed by atoms with Crippen molar-refractivity contribution in [1.29, 1.82) is 0 Å². The maximum Gasteiger partial charge on any atom is 0.335 e. The Morgan fingerprint density at radius 2 is 1.81 bits per heavy atom. The van der Waals surface area contributed by atoms with Gasteiger partial charge in [-0.15, -0.1) is 0 Å². The average molecular weight is 379 g/mol. The van der Waals surface area contributed by atoms with Crippen LogP contribution in [0.5, 0.6) is 5.75 Å². The number of hydrazone groups is 1. The number of carboxylic acid groups (broad SMARTS) is 1. The predicted octanol–water partition coefficient (Wildman–Crippen LogP) is 3.95. The largest absolute Gasteiger partial charge is 0.507 e. The Hall–Kier alpha value is -3.45. The van der Waals surface area contributed by atoms with Crippen LogP contribution in [-0.2, 0) is 0 Å². The fourth-order valence-electron chi connectivity index (χ4n) is 2.65. The van der Waals surface area contributed by atoms with Crippen LogP contribution in [0.4, 0.5) is 5.69 Å².